The first-order valence-electron chi connectivity index (χ1n) is 7.11. The number of fused-ring (bicyclic) bond motifs is 1. The van der Waals surface area contributed by atoms with Gasteiger partial charge in [0, 0.05) is 12.6 Å². The lowest BCUT2D eigenvalue weighted by Gasteiger charge is -2.05. The van der Waals surface area contributed by atoms with Crippen molar-refractivity contribution in [2.24, 2.45) is 0 Å². The quantitative estimate of drug-likeness (QED) is 0.797. The van der Waals surface area contributed by atoms with Gasteiger partial charge in [0.25, 0.3) is 5.91 Å². The fraction of sp³-hybridized carbons (Fsp3) is 0.250. The highest BCUT2D eigenvalue weighted by molar-refractivity contribution is 5.92. The van der Waals surface area contributed by atoms with Crippen LogP contribution in [0.1, 0.15) is 23.1 Å². The molecule has 1 amide bonds. The first kappa shape index (κ1) is 15.0. The third-order valence-electron chi connectivity index (χ3n) is 3.15. The average molecular weight is 315 g/mol. The molecule has 1 aliphatic rings. The van der Waals surface area contributed by atoms with E-state index in [1.165, 1.54) is 0 Å². The summed E-state index contributed by atoms with van der Waals surface area (Å²) < 4.78 is 16.2. The van der Waals surface area contributed by atoms with E-state index < -0.39 is 0 Å². The van der Waals surface area contributed by atoms with Crippen LogP contribution >= 0.6 is 0 Å². The zero-order valence-corrected chi connectivity index (χ0v) is 12.7. The normalized spacial score (nSPS) is 12.0. The maximum absolute atomic E-state index is 11.9. The Kier molecular flexibility index (Phi) is 4.18. The lowest BCUT2D eigenvalue weighted by molar-refractivity contribution is 0.0952. The van der Waals surface area contributed by atoms with Crippen molar-refractivity contribution in [2.45, 2.75) is 13.5 Å². The maximum Gasteiger partial charge on any atom is 0.272 e. The van der Waals surface area contributed by atoms with Gasteiger partial charge in [0.2, 0.25) is 6.79 Å². The van der Waals surface area contributed by atoms with Crippen molar-refractivity contribution in [3.8, 4) is 17.2 Å². The molecule has 120 valence electrons. The largest absolute Gasteiger partial charge is 0.487 e. The Bertz CT molecular complexity index is 739. The Morgan fingerprint density at radius 1 is 1.39 bits per heavy atom. The minimum absolute atomic E-state index is 0.224. The molecule has 7 nitrogen and oxygen atoms in total. The fourth-order valence-electron chi connectivity index (χ4n) is 2.00. The highest BCUT2D eigenvalue weighted by atomic mass is 16.7. The summed E-state index contributed by atoms with van der Waals surface area (Å²) in [6, 6.07) is 7.01. The number of amides is 1. The van der Waals surface area contributed by atoms with E-state index in [9.17, 15) is 4.79 Å². The van der Waals surface area contributed by atoms with Gasteiger partial charge in [-0.15, -0.1) is 0 Å². The van der Waals surface area contributed by atoms with Gasteiger partial charge in [0.1, 0.15) is 18.1 Å². The topological polar surface area (TPSA) is 85.5 Å². The maximum atomic E-state index is 11.9. The van der Waals surface area contributed by atoms with Crippen LogP contribution in [0.25, 0.3) is 0 Å². The molecular weight excluding hydrogens is 298 g/mol. The Balaban J connectivity index is 1.57. The second-order valence-electron chi connectivity index (χ2n) is 5.22. The molecule has 1 aromatic carbocycles. The van der Waals surface area contributed by atoms with Crippen molar-refractivity contribution in [2.75, 3.05) is 13.3 Å². The van der Waals surface area contributed by atoms with Crippen LogP contribution in [0.15, 0.2) is 36.4 Å². The summed E-state index contributed by atoms with van der Waals surface area (Å²) in [5, 5.41) is 9.48. The van der Waals surface area contributed by atoms with E-state index in [0.29, 0.717) is 35.2 Å². The molecule has 0 saturated heterocycles. The summed E-state index contributed by atoms with van der Waals surface area (Å²) >= 11 is 0. The van der Waals surface area contributed by atoms with Crippen molar-refractivity contribution >= 4 is 5.91 Å². The number of benzene rings is 1. The molecule has 0 atom stereocenters. The van der Waals surface area contributed by atoms with E-state index in [2.05, 4.69) is 22.1 Å². The van der Waals surface area contributed by atoms with E-state index >= 15 is 0 Å². The van der Waals surface area contributed by atoms with Gasteiger partial charge in [-0.05, 0) is 25.1 Å². The third kappa shape index (κ3) is 3.63. The number of hydrogen-bond donors (Lipinski definition) is 2. The van der Waals surface area contributed by atoms with Gasteiger partial charge in [0.05, 0.1) is 5.69 Å². The van der Waals surface area contributed by atoms with Gasteiger partial charge in [-0.25, -0.2) is 0 Å². The van der Waals surface area contributed by atoms with Gasteiger partial charge in [0.15, 0.2) is 11.5 Å². The molecule has 1 aliphatic heterocycles. The smallest absolute Gasteiger partial charge is 0.272 e. The van der Waals surface area contributed by atoms with E-state index in [1.807, 2.05) is 6.92 Å². The number of nitrogens with zero attached hydrogens (tertiary/aromatic N) is 1. The van der Waals surface area contributed by atoms with Crippen molar-refractivity contribution in [1.29, 1.82) is 0 Å². The molecular formula is C16H17N3O4. The van der Waals surface area contributed by atoms with E-state index in [4.69, 9.17) is 14.2 Å². The zero-order chi connectivity index (χ0) is 16.2. The molecule has 0 spiro atoms. The standard InChI is InChI=1S/C16H17N3O4/c1-10(2)7-17-16(20)13-5-11(18-19-13)8-21-12-3-4-14-15(6-12)23-9-22-14/h3-6H,1,7-9H2,2H3,(H,17,20)(H,18,19). The molecule has 0 fully saturated rings. The van der Waals surface area contributed by atoms with Gasteiger partial charge >= 0.3 is 0 Å². The van der Waals surface area contributed by atoms with Crippen LogP contribution in [0.2, 0.25) is 0 Å². The predicted octanol–water partition coefficient (Wildman–Crippen LogP) is 2.02. The summed E-state index contributed by atoms with van der Waals surface area (Å²) in [4.78, 5) is 11.9. The molecule has 0 radical (unpaired) electrons. The Morgan fingerprint density at radius 3 is 3.04 bits per heavy atom. The van der Waals surface area contributed by atoms with E-state index in [0.717, 1.165) is 5.57 Å². The van der Waals surface area contributed by atoms with E-state index in [1.54, 1.807) is 24.3 Å². The summed E-state index contributed by atoms with van der Waals surface area (Å²) in [6.07, 6.45) is 0. The van der Waals surface area contributed by atoms with Crippen LogP contribution in [0.4, 0.5) is 0 Å². The van der Waals surface area contributed by atoms with Gasteiger partial charge < -0.3 is 19.5 Å². The van der Waals surface area contributed by atoms with Crippen molar-refractivity contribution in [3.05, 3.63) is 47.8 Å². The van der Waals surface area contributed by atoms with Crippen molar-refractivity contribution in [3.63, 3.8) is 0 Å². The van der Waals surface area contributed by atoms with E-state index in [-0.39, 0.29) is 19.3 Å². The van der Waals surface area contributed by atoms with Gasteiger partial charge in [-0.1, -0.05) is 12.2 Å². The molecule has 0 bridgehead atoms. The van der Waals surface area contributed by atoms with Crippen LogP contribution in [0.3, 0.4) is 0 Å². The second kappa shape index (κ2) is 6.43. The first-order valence-corrected chi connectivity index (χ1v) is 7.11. The number of rotatable bonds is 6. The fourth-order valence-corrected chi connectivity index (χ4v) is 2.00. The summed E-state index contributed by atoms with van der Waals surface area (Å²) in [5.41, 5.74) is 1.89. The van der Waals surface area contributed by atoms with Crippen molar-refractivity contribution < 1.29 is 19.0 Å². The molecule has 3 rings (SSSR count). The highest BCUT2D eigenvalue weighted by Crippen LogP contribution is 2.35. The molecule has 2 heterocycles. The number of carbonyl (C=O) groups is 1. The zero-order valence-electron chi connectivity index (χ0n) is 12.7. The predicted molar refractivity (Wildman–Crippen MR) is 82.6 cm³/mol. The van der Waals surface area contributed by atoms with Crippen molar-refractivity contribution in [1.82, 2.24) is 15.5 Å². The minimum Gasteiger partial charge on any atom is -0.487 e. The van der Waals surface area contributed by atoms with Crippen LogP contribution in [-0.2, 0) is 6.61 Å². The van der Waals surface area contributed by atoms with Gasteiger partial charge in [-0.2, -0.15) is 5.10 Å². The first-order chi connectivity index (χ1) is 11.1. The lowest BCUT2D eigenvalue weighted by atomic mass is 10.3. The Labute approximate surface area is 133 Å². The number of aromatic amines is 1. The second-order valence-corrected chi connectivity index (χ2v) is 5.22. The van der Waals surface area contributed by atoms with Gasteiger partial charge in [-0.3, -0.25) is 9.89 Å². The molecule has 1 aromatic heterocycles. The molecule has 23 heavy (non-hydrogen) atoms. The number of hydrogen-bond acceptors (Lipinski definition) is 5. The Morgan fingerprint density at radius 2 is 2.22 bits per heavy atom. The molecule has 7 heteroatoms. The molecule has 2 N–H and O–H groups in total. The van der Waals surface area contributed by atoms with Crippen LogP contribution < -0.4 is 19.5 Å². The SMILES string of the molecule is C=C(C)CNC(=O)c1cc(COc2ccc3c(c2)OCO3)[nH]n1. The number of carbonyl (C=O) groups excluding carboxylic acids is 1. The minimum atomic E-state index is -0.251. The number of H-pyrrole nitrogens is 1. The monoisotopic (exact) mass is 315 g/mol. The highest BCUT2D eigenvalue weighted by Gasteiger charge is 2.14. The average Bonchev–Trinajstić information content (AvgIpc) is 3.19. The van der Waals surface area contributed by atoms with Crippen LogP contribution in [-0.4, -0.2) is 29.4 Å². The third-order valence-corrected chi connectivity index (χ3v) is 3.15. The Hall–Kier alpha value is -2.96. The number of nitrogens with one attached hydrogen (secondary N) is 2. The number of aromatic nitrogens is 2. The molecule has 0 aliphatic carbocycles. The summed E-state index contributed by atoms with van der Waals surface area (Å²) in [5.74, 6) is 1.76. The molecule has 0 saturated carbocycles. The summed E-state index contributed by atoms with van der Waals surface area (Å²) in [7, 11) is 0. The van der Waals surface area contributed by atoms with Crippen LogP contribution in [0, 0.1) is 0 Å². The number of ether oxygens (including phenoxy) is 3. The van der Waals surface area contributed by atoms with Crippen LogP contribution in [0.5, 0.6) is 17.2 Å². The molecule has 2 aromatic rings. The summed E-state index contributed by atoms with van der Waals surface area (Å²) in [6.45, 7) is 6.49. The molecule has 0 unspecified atom stereocenters. The lowest BCUT2D eigenvalue weighted by Crippen LogP contribution is -2.25.